The Balaban J connectivity index is 0.00000264. The van der Waals surface area contributed by atoms with E-state index in [0.717, 1.165) is 18.2 Å². The van der Waals surface area contributed by atoms with Gasteiger partial charge in [0.25, 0.3) is 0 Å². The number of nitrogens with one attached hydrogen (secondary N) is 2. The highest BCUT2D eigenvalue weighted by atomic mass is 127. The fourth-order valence-corrected chi connectivity index (χ4v) is 3.37. The Kier molecular flexibility index (Phi) is 8.49. The van der Waals surface area contributed by atoms with Crippen molar-refractivity contribution in [2.75, 3.05) is 6.54 Å². The van der Waals surface area contributed by atoms with Crippen molar-refractivity contribution in [3.05, 3.63) is 38.5 Å². The lowest BCUT2D eigenvalue weighted by atomic mass is 9.98. The lowest BCUT2D eigenvalue weighted by Gasteiger charge is -2.13. The second-order valence-electron chi connectivity index (χ2n) is 6.07. The van der Waals surface area contributed by atoms with E-state index in [1.165, 1.54) is 10.6 Å². The zero-order chi connectivity index (χ0) is 16.0. The van der Waals surface area contributed by atoms with Crippen LogP contribution in [0.5, 0.6) is 0 Å². The van der Waals surface area contributed by atoms with Crippen LogP contribution in [0.4, 0.5) is 0 Å². The van der Waals surface area contributed by atoms with Crippen LogP contribution in [-0.4, -0.2) is 17.5 Å². The Bertz CT molecular complexity index is 600. The molecule has 0 spiro atoms. The van der Waals surface area contributed by atoms with E-state index in [0.29, 0.717) is 13.1 Å². The predicted octanol–water partition coefficient (Wildman–Crippen LogP) is 4.38. The molecule has 0 saturated carbocycles. The standard InChI is InChI=1S/C16H24N4S2.HI/c1-5-17-15(18-8-12-6-7-21-10-12)19-9-13-11-22-14(20-13)16(2,3)4;/h6-7,10-11H,5,8-9H2,1-4H3,(H2,17,18,19);1H. The molecule has 2 aromatic heterocycles. The summed E-state index contributed by atoms with van der Waals surface area (Å²) in [6.45, 7) is 10.9. The van der Waals surface area contributed by atoms with Crippen LogP contribution in [0, 0.1) is 0 Å². The van der Waals surface area contributed by atoms with E-state index in [1.807, 2.05) is 0 Å². The van der Waals surface area contributed by atoms with Gasteiger partial charge in [-0.05, 0) is 29.3 Å². The number of rotatable bonds is 5. The molecule has 0 fully saturated rings. The Labute approximate surface area is 163 Å². The monoisotopic (exact) mass is 464 g/mol. The first kappa shape index (κ1) is 20.4. The quantitative estimate of drug-likeness (QED) is 0.393. The lowest BCUT2D eigenvalue weighted by Crippen LogP contribution is -2.36. The smallest absolute Gasteiger partial charge is 0.191 e. The maximum absolute atomic E-state index is 4.70. The lowest BCUT2D eigenvalue weighted by molar-refractivity contribution is 0.582. The van der Waals surface area contributed by atoms with Gasteiger partial charge in [0.2, 0.25) is 0 Å². The Morgan fingerprint density at radius 1 is 1.26 bits per heavy atom. The molecule has 2 aromatic rings. The molecule has 0 aliphatic carbocycles. The summed E-state index contributed by atoms with van der Waals surface area (Å²) in [5.41, 5.74) is 2.42. The van der Waals surface area contributed by atoms with Gasteiger partial charge in [0, 0.05) is 17.3 Å². The van der Waals surface area contributed by atoms with Gasteiger partial charge in [0.1, 0.15) is 0 Å². The van der Waals surface area contributed by atoms with Gasteiger partial charge >= 0.3 is 0 Å². The second-order valence-corrected chi connectivity index (χ2v) is 7.71. The van der Waals surface area contributed by atoms with Crippen LogP contribution in [0.2, 0.25) is 0 Å². The molecule has 0 atom stereocenters. The summed E-state index contributed by atoms with van der Waals surface area (Å²) in [5, 5.41) is 14.1. The van der Waals surface area contributed by atoms with Gasteiger partial charge in [-0.3, -0.25) is 0 Å². The van der Waals surface area contributed by atoms with E-state index in [2.05, 4.69) is 65.5 Å². The van der Waals surface area contributed by atoms with Crippen molar-refractivity contribution in [3.63, 3.8) is 0 Å². The molecule has 4 nitrogen and oxygen atoms in total. The highest BCUT2D eigenvalue weighted by molar-refractivity contribution is 14.0. The molecule has 0 amide bonds. The third-order valence-electron chi connectivity index (χ3n) is 2.97. The fraction of sp³-hybridized carbons (Fsp3) is 0.500. The van der Waals surface area contributed by atoms with E-state index in [4.69, 9.17) is 4.98 Å². The fourth-order valence-electron chi connectivity index (χ4n) is 1.80. The molecule has 2 heterocycles. The summed E-state index contributed by atoms with van der Waals surface area (Å²) >= 11 is 3.42. The average molecular weight is 464 g/mol. The molecule has 0 aromatic carbocycles. The summed E-state index contributed by atoms with van der Waals surface area (Å²) in [6, 6.07) is 2.10. The summed E-state index contributed by atoms with van der Waals surface area (Å²) in [6.07, 6.45) is 0. The van der Waals surface area contributed by atoms with Crippen molar-refractivity contribution in [2.45, 2.75) is 46.2 Å². The number of aromatic nitrogens is 1. The number of thiophene rings is 1. The third kappa shape index (κ3) is 6.76. The first-order chi connectivity index (χ1) is 10.5. The van der Waals surface area contributed by atoms with Gasteiger partial charge in [-0.2, -0.15) is 11.3 Å². The number of hydrogen-bond acceptors (Lipinski definition) is 4. The van der Waals surface area contributed by atoms with Gasteiger partial charge in [-0.25, -0.2) is 9.98 Å². The summed E-state index contributed by atoms with van der Waals surface area (Å²) in [7, 11) is 0. The van der Waals surface area contributed by atoms with E-state index < -0.39 is 0 Å². The molecule has 0 unspecified atom stereocenters. The maximum Gasteiger partial charge on any atom is 0.191 e. The van der Waals surface area contributed by atoms with Crippen molar-refractivity contribution in [2.24, 2.45) is 4.99 Å². The maximum atomic E-state index is 4.70. The largest absolute Gasteiger partial charge is 0.357 e. The van der Waals surface area contributed by atoms with Crippen LogP contribution in [0.15, 0.2) is 27.2 Å². The van der Waals surface area contributed by atoms with Crippen LogP contribution in [-0.2, 0) is 18.5 Å². The summed E-state index contributed by atoms with van der Waals surface area (Å²) < 4.78 is 0. The predicted molar refractivity (Wildman–Crippen MR) is 112 cm³/mol. The molecule has 0 bridgehead atoms. The number of hydrogen-bond donors (Lipinski definition) is 2. The molecule has 128 valence electrons. The number of aliphatic imine (C=N–C) groups is 1. The number of guanidine groups is 1. The van der Waals surface area contributed by atoms with Gasteiger partial charge < -0.3 is 10.6 Å². The zero-order valence-electron chi connectivity index (χ0n) is 14.0. The molecule has 2 N–H and O–H groups in total. The van der Waals surface area contributed by atoms with E-state index in [1.54, 1.807) is 22.7 Å². The van der Waals surface area contributed by atoms with E-state index in [-0.39, 0.29) is 29.4 Å². The molecule has 0 saturated heterocycles. The van der Waals surface area contributed by atoms with Crippen molar-refractivity contribution in [3.8, 4) is 0 Å². The highest BCUT2D eigenvalue weighted by Gasteiger charge is 2.17. The van der Waals surface area contributed by atoms with Gasteiger partial charge in [0.05, 0.1) is 23.8 Å². The number of thiazole rings is 1. The molecular formula is C16H25IN4S2. The van der Waals surface area contributed by atoms with E-state index >= 15 is 0 Å². The first-order valence-corrected chi connectivity index (χ1v) is 9.29. The number of nitrogens with zero attached hydrogens (tertiary/aromatic N) is 2. The normalized spacial score (nSPS) is 11.9. The SMILES string of the molecule is CCNC(=NCc1ccsc1)NCc1csc(C(C)(C)C)n1.I. The Hall–Kier alpha value is -0.670. The van der Waals surface area contributed by atoms with Crippen molar-refractivity contribution >= 4 is 52.6 Å². The van der Waals surface area contributed by atoms with Crippen LogP contribution >= 0.6 is 46.7 Å². The van der Waals surface area contributed by atoms with Crippen LogP contribution in [0.3, 0.4) is 0 Å². The summed E-state index contributed by atoms with van der Waals surface area (Å²) in [5.74, 6) is 0.832. The van der Waals surface area contributed by atoms with Gasteiger partial charge in [-0.15, -0.1) is 35.3 Å². The van der Waals surface area contributed by atoms with Crippen LogP contribution < -0.4 is 10.6 Å². The molecule has 0 aliphatic rings. The minimum Gasteiger partial charge on any atom is -0.357 e. The van der Waals surface area contributed by atoms with Gasteiger partial charge in [-0.1, -0.05) is 20.8 Å². The minimum absolute atomic E-state index is 0. The topological polar surface area (TPSA) is 49.3 Å². The minimum atomic E-state index is 0. The Morgan fingerprint density at radius 2 is 2.04 bits per heavy atom. The molecular weight excluding hydrogens is 439 g/mol. The molecule has 23 heavy (non-hydrogen) atoms. The molecule has 7 heteroatoms. The molecule has 0 aliphatic heterocycles. The van der Waals surface area contributed by atoms with Crippen molar-refractivity contribution in [1.29, 1.82) is 0 Å². The van der Waals surface area contributed by atoms with E-state index in [9.17, 15) is 0 Å². The van der Waals surface area contributed by atoms with Crippen molar-refractivity contribution in [1.82, 2.24) is 15.6 Å². The first-order valence-electron chi connectivity index (χ1n) is 7.47. The van der Waals surface area contributed by atoms with Crippen LogP contribution in [0.25, 0.3) is 0 Å². The zero-order valence-corrected chi connectivity index (χ0v) is 18.0. The average Bonchev–Trinajstić information content (AvgIpc) is 3.12. The summed E-state index contributed by atoms with van der Waals surface area (Å²) in [4.78, 5) is 9.30. The Morgan fingerprint density at radius 3 is 2.61 bits per heavy atom. The van der Waals surface area contributed by atoms with Gasteiger partial charge in [0.15, 0.2) is 5.96 Å². The molecule has 0 radical (unpaired) electrons. The van der Waals surface area contributed by atoms with Crippen LogP contribution in [0.1, 0.15) is 44.0 Å². The van der Waals surface area contributed by atoms with Crippen molar-refractivity contribution < 1.29 is 0 Å². The molecule has 2 rings (SSSR count). The highest BCUT2D eigenvalue weighted by Crippen LogP contribution is 2.25. The third-order valence-corrected chi connectivity index (χ3v) is 5.02. The second kappa shape index (κ2) is 9.58. The number of halogens is 1.